The van der Waals surface area contributed by atoms with Crippen LogP contribution in [0.5, 0.6) is 0 Å². The number of amides is 2. The first-order chi connectivity index (χ1) is 8.95. The number of aliphatic hydroxyl groups is 1. The van der Waals surface area contributed by atoms with Gasteiger partial charge in [-0.25, -0.2) is 13.6 Å². The molecule has 0 saturated heterocycles. The van der Waals surface area contributed by atoms with Gasteiger partial charge in [-0.1, -0.05) is 12.1 Å². The van der Waals surface area contributed by atoms with E-state index in [1.807, 2.05) is 0 Å². The Bertz CT molecular complexity index is 441. The molecule has 0 bridgehead atoms. The highest BCUT2D eigenvalue weighted by Gasteiger charge is 2.16. The summed E-state index contributed by atoms with van der Waals surface area (Å²) in [6, 6.07) is 2.48. The zero-order valence-corrected chi connectivity index (χ0v) is 10.9. The molecule has 4 nitrogen and oxygen atoms in total. The monoisotopic (exact) mass is 272 g/mol. The van der Waals surface area contributed by atoms with Crippen LogP contribution in [0.2, 0.25) is 0 Å². The van der Waals surface area contributed by atoms with E-state index in [9.17, 15) is 13.6 Å². The molecule has 0 aromatic heterocycles. The third-order valence-corrected chi connectivity index (χ3v) is 2.74. The molecule has 19 heavy (non-hydrogen) atoms. The van der Waals surface area contributed by atoms with Gasteiger partial charge in [0.25, 0.3) is 0 Å². The molecule has 0 saturated carbocycles. The first-order valence-electron chi connectivity index (χ1n) is 6.07. The molecule has 6 heteroatoms. The number of urea groups is 1. The fourth-order valence-corrected chi connectivity index (χ4v) is 1.66. The summed E-state index contributed by atoms with van der Waals surface area (Å²) in [4.78, 5) is 11.6. The highest BCUT2D eigenvalue weighted by molar-refractivity contribution is 5.74. The van der Waals surface area contributed by atoms with Crippen molar-refractivity contribution in [3.63, 3.8) is 0 Å². The van der Waals surface area contributed by atoms with Crippen LogP contribution in [0.4, 0.5) is 13.6 Å². The van der Waals surface area contributed by atoms with Crippen molar-refractivity contribution in [2.75, 3.05) is 6.61 Å². The van der Waals surface area contributed by atoms with Crippen molar-refractivity contribution in [3.8, 4) is 0 Å². The third kappa shape index (κ3) is 4.48. The van der Waals surface area contributed by atoms with Gasteiger partial charge in [0.1, 0.15) is 0 Å². The van der Waals surface area contributed by atoms with Crippen molar-refractivity contribution in [2.45, 2.75) is 32.4 Å². The van der Waals surface area contributed by atoms with Crippen LogP contribution < -0.4 is 10.6 Å². The van der Waals surface area contributed by atoms with Gasteiger partial charge in [-0.2, -0.15) is 0 Å². The largest absolute Gasteiger partial charge is 0.396 e. The first kappa shape index (κ1) is 15.4. The molecule has 3 N–H and O–H groups in total. The van der Waals surface area contributed by atoms with Crippen molar-refractivity contribution < 1.29 is 18.7 Å². The number of aliphatic hydroxyl groups excluding tert-OH is 1. The van der Waals surface area contributed by atoms with Crippen molar-refractivity contribution >= 4 is 6.03 Å². The Labute approximate surface area is 110 Å². The van der Waals surface area contributed by atoms with Crippen LogP contribution in [0.25, 0.3) is 0 Å². The molecular formula is C13H18F2N2O2. The van der Waals surface area contributed by atoms with E-state index in [0.29, 0.717) is 6.42 Å². The number of benzene rings is 1. The van der Waals surface area contributed by atoms with Crippen LogP contribution in [0, 0.1) is 11.6 Å². The molecule has 1 aromatic rings. The van der Waals surface area contributed by atoms with E-state index in [-0.39, 0.29) is 18.2 Å². The molecule has 2 amide bonds. The Morgan fingerprint density at radius 2 is 2.00 bits per heavy atom. The van der Waals surface area contributed by atoms with Crippen molar-refractivity contribution in [2.24, 2.45) is 0 Å². The van der Waals surface area contributed by atoms with E-state index in [1.165, 1.54) is 12.1 Å². The lowest BCUT2D eigenvalue weighted by Gasteiger charge is -2.18. The minimum atomic E-state index is -0.960. The number of carbonyl (C=O) groups excluding carboxylic acids is 1. The van der Waals surface area contributed by atoms with Gasteiger partial charge in [0, 0.05) is 18.2 Å². The summed E-state index contributed by atoms with van der Waals surface area (Å²) >= 11 is 0. The highest BCUT2D eigenvalue weighted by atomic mass is 19.2. The van der Waals surface area contributed by atoms with E-state index in [0.717, 1.165) is 6.07 Å². The lowest BCUT2D eigenvalue weighted by atomic mass is 10.1. The van der Waals surface area contributed by atoms with Gasteiger partial charge in [-0.05, 0) is 26.3 Å². The molecule has 0 fully saturated rings. The Morgan fingerprint density at radius 1 is 1.32 bits per heavy atom. The summed E-state index contributed by atoms with van der Waals surface area (Å²) in [7, 11) is 0. The van der Waals surface area contributed by atoms with Crippen LogP contribution in [-0.2, 0) is 0 Å². The molecule has 0 heterocycles. The van der Waals surface area contributed by atoms with Gasteiger partial charge in [0.2, 0.25) is 0 Å². The molecular weight excluding hydrogens is 254 g/mol. The van der Waals surface area contributed by atoms with E-state index >= 15 is 0 Å². The van der Waals surface area contributed by atoms with Gasteiger partial charge in [-0.3, -0.25) is 0 Å². The lowest BCUT2D eigenvalue weighted by Crippen LogP contribution is -2.42. The minimum Gasteiger partial charge on any atom is -0.396 e. The topological polar surface area (TPSA) is 61.4 Å². The second-order valence-electron chi connectivity index (χ2n) is 4.40. The lowest BCUT2D eigenvalue weighted by molar-refractivity contribution is 0.228. The standard InChI is InChI=1S/C13H18F2N2O2/c1-8(6-7-18)16-13(19)17-9(2)10-4-3-5-11(14)12(10)15/h3-5,8-9,18H,6-7H2,1-2H3,(H2,16,17,19)/t8-,9?/m1/s1. The molecule has 2 atom stereocenters. The van der Waals surface area contributed by atoms with Crippen LogP contribution in [-0.4, -0.2) is 23.8 Å². The number of hydrogen-bond donors (Lipinski definition) is 3. The molecule has 0 spiro atoms. The Kier molecular flexibility index (Phi) is 5.69. The zero-order valence-electron chi connectivity index (χ0n) is 10.9. The normalized spacial score (nSPS) is 13.7. The summed E-state index contributed by atoms with van der Waals surface area (Å²) in [5.41, 5.74) is 0.0879. The summed E-state index contributed by atoms with van der Waals surface area (Å²) in [6.07, 6.45) is 0.427. The van der Waals surface area contributed by atoms with Crippen molar-refractivity contribution in [3.05, 3.63) is 35.4 Å². The number of hydrogen-bond acceptors (Lipinski definition) is 2. The van der Waals surface area contributed by atoms with Crippen molar-refractivity contribution in [1.29, 1.82) is 0 Å². The highest BCUT2D eigenvalue weighted by Crippen LogP contribution is 2.18. The second kappa shape index (κ2) is 7.04. The molecule has 1 rings (SSSR count). The average molecular weight is 272 g/mol. The van der Waals surface area contributed by atoms with E-state index in [1.54, 1.807) is 13.8 Å². The SMILES string of the molecule is CC(NC(=O)N[C@H](C)CCO)c1cccc(F)c1F. The molecule has 1 unspecified atom stereocenters. The van der Waals surface area contributed by atoms with Gasteiger partial charge in [0.05, 0.1) is 6.04 Å². The van der Waals surface area contributed by atoms with E-state index in [2.05, 4.69) is 10.6 Å². The van der Waals surface area contributed by atoms with Crippen LogP contribution in [0.1, 0.15) is 31.9 Å². The average Bonchev–Trinajstić information content (AvgIpc) is 2.32. The van der Waals surface area contributed by atoms with Crippen molar-refractivity contribution in [1.82, 2.24) is 10.6 Å². The molecule has 0 aliphatic carbocycles. The summed E-state index contributed by atoms with van der Waals surface area (Å²) in [6.45, 7) is 3.27. The smallest absolute Gasteiger partial charge is 0.315 e. The quantitative estimate of drug-likeness (QED) is 0.768. The van der Waals surface area contributed by atoms with Crippen LogP contribution in [0.15, 0.2) is 18.2 Å². The van der Waals surface area contributed by atoms with Gasteiger partial charge >= 0.3 is 6.03 Å². The maximum atomic E-state index is 13.5. The fraction of sp³-hybridized carbons (Fsp3) is 0.462. The molecule has 1 aromatic carbocycles. The number of nitrogens with one attached hydrogen (secondary N) is 2. The van der Waals surface area contributed by atoms with Crippen LogP contribution >= 0.6 is 0 Å². The Balaban J connectivity index is 2.61. The van der Waals surface area contributed by atoms with Gasteiger partial charge in [-0.15, -0.1) is 0 Å². The first-order valence-corrected chi connectivity index (χ1v) is 6.07. The van der Waals surface area contributed by atoms with Crippen LogP contribution in [0.3, 0.4) is 0 Å². The molecule has 0 aliphatic rings. The summed E-state index contributed by atoms with van der Waals surface area (Å²) < 4.78 is 26.6. The number of carbonyl (C=O) groups is 1. The minimum absolute atomic E-state index is 0.0322. The number of halogens is 2. The van der Waals surface area contributed by atoms with Gasteiger partial charge in [0.15, 0.2) is 11.6 Å². The maximum Gasteiger partial charge on any atom is 0.315 e. The third-order valence-electron chi connectivity index (χ3n) is 2.74. The van der Waals surface area contributed by atoms with Gasteiger partial charge < -0.3 is 15.7 Å². The van der Waals surface area contributed by atoms with E-state index in [4.69, 9.17) is 5.11 Å². The zero-order chi connectivity index (χ0) is 14.4. The molecule has 106 valence electrons. The second-order valence-corrected chi connectivity index (χ2v) is 4.40. The van der Waals surface area contributed by atoms with E-state index < -0.39 is 23.7 Å². The predicted molar refractivity (Wildman–Crippen MR) is 67.6 cm³/mol. The Hall–Kier alpha value is -1.69. The fourth-order valence-electron chi connectivity index (χ4n) is 1.66. The Morgan fingerprint density at radius 3 is 2.63 bits per heavy atom. The summed E-state index contributed by atoms with van der Waals surface area (Å²) in [5.74, 6) is -1.90. The molecule has 0 aliphatic heterocycles. The predicted octanol–water partition coefficient (Wildman–Crippen LogP) is 2.10. The molecule has 0 radical (unpaired) electrons. The maximum absolute atomic E-state index is 13.5. The number of rotatable bonds is 5. The summed E-state index contributed by atoms with van der Waals surface area (Å²) in [5, 5.41) is 13.8.